The average Bonchev–Trinajstić information content (AvgIpc) is 2.81. The lowest BCUT2D eigenvalue weighted by Crippen LogP contribution is -2.34. The van der Waals surface area contributed by atoms with Crippen molar-refractivity contribution in [1.29, 1.82) is 0 Å². The topological polar surface area (TPSA) is 101 Å². The Kier molecular flexibility index (Phi) is 6.78. The van der Waals surface area contributed by atoms with Crippen molar-refractivity contribution in [2.75, 3.05) is 5.32 Å². The van der Waals surface area contributed by atoms with Crippen LogP contribution < -0.4 is 15.5 Å². The van der Waals surface area contributed by atoms with Gasteiger partial charge in [0.1, 0.15) is 11.8 Å². The molecular formula is C24H18ClN3O4S2. The van der Waals surface area contributed by atoms with Crippen molar-refractivity contribution < 1.29 is 12.8 Å². The molecule has 0 bridgehead atoms. The predicted molar refractivity (Wildman–Crippen MR) is 139 cm³/mol. The van der Waals surface area contributed by atoms with Gasteiger partial charge in [0.2, 0.25) is 5.43 Å². The SMILES string of the molecule is Cc1c(Cl)ccc2occ(C=Nc3ccc(S(=O)(=O)NC(=S)Nc4ccccc4)cc3)c(=O)c12. The Morgan fingerprint density at radius 3 is 2.47 bits per heavy atom. The largest absolute Gasteiger partial charge is 0.463 e. The molecule has 0 amide bonds. The average molecular weight is 512 g/mol. The molecule has 0 aliphatic rings. The Hall–Kier alpha value is -3.53. The van der Waals surface area contributed by atoms with Crippen LogP contribution in [0.1, 0.15) is 11.1 Å². The van der Waals surface area contributed by atoms with Gasteiger partial charge in [-0.25, -0.2) is 8.42 Å². The highest BCUT2D eigenvalue weighted by atomic mass is 35.5. The first-order chi connectivity index (χ1) is 16.2. The minimum atomic E-state index is -3.89. The lowest BCUT2D eigenvalue weighted by Gasteiger charge is -2.11. The van der Waals surface area contributed by atoms with E-state index in [9.17, 15) is 13.2 Å². The van der Waals surface area contributed by atoms with Crippen LogP contribution in [0.3, 0.4) is 0 Å². The van der Waals surface area contributed by atoms with Crippen molar-refractivity contribution in [3.63, 3.8) is 0 Å². The van der Waals surface area contributed by atoms with Crippen LogP contribution in [0, 0.1) is 6.92 Å². The number of thiocarbonyl (C=S) groups is 1. The zero-order valence-electron chi connectivity index (χ0n) is 17.8. The van der Waals surface area contributed by atoms with Crippen LogP contribution in [0.5, 0.6) is 0 Å². The maximum absolute atomic E-state index is 12.8. The summed E-state index contributed by atoms with van der Waals surface area (Å²) >= 11 is 11.2. The summed E-state index contributed by atoms with van der Waals surface area (Å²) in [4.78, 5) is 17.1. The lowest BCUT2D eigenvalue weighted by atomic mass is 10.1. The number of halogens is 1. The number of anilines is 1. The Morgan fingerprint density at radius 1 is 1.06 bits per heavy atom. The van der Waals surface area contributed by atoms with E-state index >= 15 is 0 Å². The molecule has 172 valence electrons. The Balaban J connectivity index is 1.50. The molecule has 3 aromatic carbocycles. The molecule has 0 saturated heterocycles. The number of aliphatic imine (C=N–C) groups is 1. The third kappa shape index (κ3) is 5.17. The van der Waals surface area contributed by atoms with Gasteiger partial charge < -0.3 is 9.73 Å². The zero-order valence-corrected chi connectivity index (χ0v) is 20.2. The number of nitrogens with zero attached hydrogens (tertiary/aromatic N) is 1. The maximum Gasteiger partial charge on any atom is 0.263 e. The van der Waals surface area contributed by atoms with E-state index in [0.717, 1.165) is 0 Å². The summed E-state index contributed by atoms with van der Waals surface area (Å²) in [5, 5.41) is 3.63. The molecule has 34 heavy (non-hydrogen) atoms. The highest BCUT2D eigenvalue weighted by molar-refractivity contribution is 7.92. The van der Waals surface area contributed by atoms with Crippen molar-refractivity contribution >= 4 is 67.5 Å². The summed E-state index contributed by atoms with van der Waals surface area (Å²) in [6.07, 6.45) is 2.69. The first kappa shape index (κ1) is 23.6. The van der Waals surface area contributed by atoms with Crippen molar-refractivity contribution in [1.82, 2.24) is 4.72 Å². The van der Waals surface area contributed by atoms with Gasteiger partial charge in [-0.05, 0) is 73.2 Å². The lowest BCUT2D eigenvalue weighted by molar-refractivity contribution is 0.593. The molecule has 4 aromatic rings. The number of rotatable bonds is 5. The van der Waals surface area contributed by atoms with Gasteiger partial charge in [-0.3, -0.25) is 14.5 Å². The van der Waals surface area contributed by atoms with Crippen LogP contribution in [0.2, 0.25) is 5.02 Å². The van der Waals surface area contributed by atoms with Gasteiger partial charge in [-0.1, -0.05) is 29.8 Å². The van der Waals surface area contributed by atoms with Gasteiger partial charge in [0, 0.05) is 16.9 Å². The minimum Gasteiger partial charge on any atom is -0.463 e. The van der Waals surface area contributed by atoms with Gasteiger partial charge in [0.15, 0.2) is 5.11 Å². The summed E-state index contributed by atoms with van der Waals surface area (Å²) < 4.78 is 33.1. The van der Waals surface area contributed by atoms with E-state index in [1.165, 1.54) is 36.7 Å². The molecule has 0 atom stereocenters. The first-order valence-corrected chi connectivity index (χ1v) is 12.2. The van der Waals surface area contributed by atoms with E-state index in [1.807, 2.05) is 6.07 Å². The van der Waals surface area contributed by atoms with Crippen LogP contribution in [0.15, 0.2) is 92.1 Å². The molecule has 0 unspecified atom stereocenters. The molecule has 10 heteroatoms. The van der Waals surface area contributed by atoms with Crippen LogP contribution in [0.4, 0.5) is 11.4 Å². The summed E-state index contributed by atoms with van der Waals surface area (Å²) in [7, 11) is -3.89. The molecule has 0 spiro atoms. The van der Waals surface area contributed by atoms with E-state index in [4.69, 9.17) is 28.2 Å². The first-order valence-electron chi connectivity index (χ1n) is 9.98. The number of nitrogens with one attached hydrogen (secondary N) is 2. The number of benzene rings is 3. The van der Waals surface area contributed by atoms with Crippen molar-refractivity contribution in [3.05, 3.63) is 99.4 Å². The molecule has 2 N–H and O–H groups in total. The van der Waals surface area contributed by atoms with Crippen molar-refractivity contribution in [2.45, 2.75) is 11.8 Å². The number of hydrogen-bond donors (Lipinski definition) is 2. The zero-order chi connectivity index (χ0) is 24.3. The highest BCUT2D eigenvalue weighted by Gasteiger charge is 2.16. The fraction of sp³-hybridized carbons (Fsp3) is 0.0417. The molecule has 7 nitrogen and oxygen atoms in total. The summed E-state index contributed by atoms with van der Waals surface area (Å²) in [6.45, 7) is 1.75. The normalized spacial score (nSPS) is 11.6. The Morgan fingerprint density at radius 2 is 1.76 bits per heavy atom. The van der Waals surface area contributed by atoms with Gasteiger partial charge in [-0.15, -0.1) is 0 Å². The van der Waals surface area contributed by atoms with Crippen LogP contribution in [0.25, 0.3) is 11.0 Å². The predicted octanol–water partition coefficient (Wildman–Crippen LogP) is 5.18. The third-order valence-electron chi connectivity index (χ3n) is 4.92. The van der Waals surface area contributed by atoms with E-state index in [-0.39, 0.29) is 21.0 Å². The molecule has 0 saturated carbocycles. The Bertz CT molecular complexity index is 1570. The molecule has 0 aliphatic heterocycles. The molecular weight excluding hydrogens is 494 g/mol. The summed E-state index contributed by atoms with van der Waals surface area (Å²) in [5.41, 5.74) is 2.17. The smallest absolute Gasteiger partial charge is 0.263 e. The number of fused-ring (bicyclic) bond motifs is 1. The standard InChI is InChI=1S/C24H18ClN3O4S2/c1-15-20(25)11-12-21-22(15)23(29)16(14-32-21)13-26-17-7-9-19(10-8-17)34(30,31)28-24(33)27-18-5-3-2-4-6-18/h2-14H,1H3,(H2,27,28,33). The molecule has 0 radical (unpaired) electrons. The summed E-state index contributed by atoms with van der Waals surface area (Å²) in [6, 6.07) is 18.1. The second-order valence-electron chi connectivity index (χ2n) is 7.24. The van der Waals surface area contributed by atoms with Gasteiger partial charge >= 0.3 is 0 Å². The van der Waals surface area contributed by atoms with Gasteiger partial charge in [-0.2, -0.15) is 0 Å². The van der Waals surface area contributed by atoms with E-state index in [1.54, 1.807) is 43.3 Å². The van der Waals surface area contributed by atoms with Crippen LogP contribution >= 0.6 is 23.8 Å². The van der Waals surface area contributed by atoms with Crippen molar-refractivity contribution in [2.24, 2.45) is 4.99 Å². The molecule has 0 fully saturated rings. The van der Waals surface area contributed by atoms with Crippen molar-refractivity contribution in [3.8, 4) is 0 Å². The van der Waals surface area contributed by atoms with Crippen LogP contribution in [-0.4, -0.2) is 19.7 Å². The van der Waals surface area contributed by atoms with E-state index in [2.05, 4.69) is 15.0 Å². The van der Waals surface area contributed by atoms with E-state index < -0.39 is 10.0 Å². The summed E-state index contributed by atoms with van der Waals surface area (Å²) in [5.74, 6) is 0. The number of para-hydroxylation sites is 1. The quantitative estimate of drug-likeness (QED) is 0.283. The Labute approximate surface area is 206 Å². The van der Waals surface area contributed by atoms with E-state index in [0.29, 0.717) is 32.9 Å². The number of sulfonamides is 1. The van der Waals surface area contributed by atoms with Crippen LogP contribution in [-0.2, 0) is 10.0 Å². The molecule has 1 heterocycles. The fourth-order valence-corrected chi connectivity index (χ4v) is 4.68. The number of aryl methyl sites for hydroxylation is 1. The minimum absolute atomic E-state index is 0.0131. The second kappa shape index (κ2) is 9.76. The van der Waals surface area contributed by atoms with Gasteiger partial charge in [0.25, 0.3) is 10.0 Å². The van der Waals surface area contributed by atoms with Gasteiger partial charge in [0.05, 0.1) is 21.5 Å². The highest BCUT2D eigenvalue weighted by Crippen LogP contribution is 2.23. The second-order valence-corrected chi connectivity index (χ2v) is 9.74. The molecule has 4 rings (SSSR count). The monoisotopic (exact) mass is 511 g/mol. The molecule has 1 aromatic heterocycles. The maximum atomic E-state index is 12.8. The third-order valence-corrected chi connectivity index (χ3v) is 7.03. The number of hydrogen-bond acceptors (Lipinski definition) is 6. The molecule has 0 aliphatic carbocycles. The fourth-order valence-electron chi connectivity index (χ4n) is 3.17.